The van der Waals surface area contributed by atoms with Crippen LogP contribution in [0.4, 0.5) is 0 Å². The summed E-state index contributed by atoms with van der Waals surface area (Å²) in [6.07, 6.45) is 1.07. The Balaban J connectivity index is 0.00000108. The largest absolute Gasteiger partial charge is 0.334 e. The maximum absolute atomic E-state index is 5.16. The maximum Gasteiger partial charge on any atom is 0.257 e. The van der Waals surface area contributed by atoms with E-state index in [9.17, 15) is 0 Å². The van der Waals surface area contributed by atoms with Crippen LogP contribution in [-0.4, -0.2) is 16.7 Å². The van der Waals surface area contributed by atoms with E-state index in [4.69, 9.17) is 4.52 Å². The molecule has 1 aromatic heterocycles. The number of nitrogens with zero attached hydrogens (tertiary/aromatic N) is 2. The van der Waals surface area contributed by atoms with E-state index < -0.39 is 0 Å². The molecule has 0 saturated heterocycles. The van der Waals surface area contributed by atoms with E-state index in [1.165, 1.54) is 11.1 Å². The van der Waals surface area contributed by atoms with Gasteiger partial charge in [-0.1, -0.05) is 11.2 Å². The smallest absolute Gasteiger partial charge is 0.257 e. The van der Waals surface area contributed by atoms with E-state index in [-0.39, 0.29) is 12.4 Å². The van der Waals surface area contributed by atoms with Crippen molar-refractivity contribution in [3.63, 3.8) is 0 Å². The summed E-state index contributed by atoms with van der Waals surface area (Å²) in [5.74, 6) is 1.29. The summed E-state index contributed by atoms with van der Waals surface area (Å²) in [4.78, 5) is 4.24. The number of benzene rings is 1. The molecule has 1 aromatic carbocycles. The predicted octanol–water partition coefficient (Wildman–Crippen LogP) is 2.11. The number of halogens is 1. The first-order valence-corrected chi connectivity index (χ1v) is 5.46. The number of nitrogens with one attached hydrogen (secondary N) is 1. The van der Waals surface area contributed by atoms with Gasteiger partial charge >= 0.3 is 0 Å². The Bertz CT molecular complexity index is 524. The molecule has 0 bridgehead atoms. The molecule has 0 unspecified atom stereocenters. The summed E-state index contributed by atoms with van der Waals surface area (Å²) in [6.45, 7) is 3.83. The van der Waals surface area contributed by atoms with Crippen molar-refractivity contribution in [2.45, 2.75) is 19.9 Å². The molecule has 2 aromatic rings. The third kappa shape index (κ3) is 2.33. The second-order valence-electron chi connectivity index (χ2n) is 4.06. The van der Waals surface area contributed by atoms with Crippen molar-refractivity contribution in [3.8, 4) is 11.5 Å². The number of hydrogen-bond acceptors (Lipinski definition) is 4. The summed E-state index contributed by atoms with van der Waals surface area (Å²) in [7, 11) is 0. The highest BCUT2D eigenvalue weighted by molar-refractivity contribution is 5.85. The summed E-state index contributed by atoms with van der Waals surface area (Å²) in [5, 5.41) is 7.16. The van der Waals surface area contributed by atoms with Crippen LogP contribution in [0, 0.1) is 6.92 Å². The lowest BCUT2D eigenvalue weighted by Crippen LogP contribution is -2.23. The van der Waals surface area contributed by atoms with Crippen molar-refractivity contribution >= 4 is 12.4 Å². The molecule has 5 heteroatoms. The molecule has 0 saturated carbocycles. The van der Waals surface area contributed by atoms with E-state index in [1.807, 2.05) is 13.0 Å². The van der Waals surface area contributed by atoms with Crippen LogP contribution in [-0.2, 0) is 13.0 Å². The molecule has 1 aliphatic rings. The molecule has 90 valence electrons. The van der Waals surface area contributed by atoms with Crippen LogP contribution < -0.4 is 5.32 Å². The van der Waals surface area contributed by atoms with E-state index in [1.54, 1.807) is 0 Å². The molecule has 0 radical (unpaired) electrons. The minimum absolute atomic E-state index is 0. The lowest BCUT2D eigenvalue weighted by atomic mass is 9.98. The van der Waals surface area contributed by atoms with Crippen molar-refractivity contribution in [3.05, 3.63) is 35.2 Å². The molecule has 1 aliphatic heterocycles. The van der Waals surface area contributed by atoms with Crippen LogP contribution in [0.2, 0.25) is 0 Å². The molecule has 0 aliphatic carbocycles. The van der Waals surface area contributed by atoms with Gasteiger partial charge in [-0.3, -0.25) is 0 Å². The fourth-order valence-corrected chi connectivity index (χ4v) is 2.02. The Kier molecular flexibility index (Phi) is 3.45. The lowest BCUT2D eigenvalue weighted by Gasteiger charge is -2.16. The van der Waals surface area contributed by atoms with Gasteiger partial charge in [0.2, 0.25) is 0 Å². The van der Waals surface area contributed by atoms with Gasteiger partial charge in [-0.2, -0.15) is 4.98 Å². The number of hydrogen-bond donors (Lipinski definition) is 1. The Morgan fingerprint density at radius 3 is 2.94 bits per heavy atom. The van der Waals surface area contributed by atoms with Crippen molar-refractivity contribution in [1.82, 2.24) is 15.5 Å². The first kappa shape index (κ1) is 12.1. The summed E-state index contributed by atoms with van der Waals surface area (Å²) >= 11 is 0. The van der Waals surface area contributed by atoms with Gasteiger partial charge < -0.3 is 9.84 Å². The minimum atomic E-state index is 0. The second-order valence-corrected chi connectivity index (χ2v) is 4.06. The first-order valence-electron chi connectivity index (χ1n) is 5.46. The Labute approximate surface area is 106 Å². The van der Waals surface area contributed by atoms with Crippen LogP contribution in [0.1, 0.15) is 17.0 Å². The number of aryl methyl sites for hydroxylation is 1. The average molecular weight is 252 g/mol. The molecule has 17 heavy (non-hydrogen) atoms. The normalized spacial score (nSPS) is 13.9. The van der Waals surface area contributed by atoms with Gasteiger partial charge in [-0.05, 0) is 43.1 Å². The Morgan fingerprint density at radius 1 is 1.29 bits per heavy atom. The topological polar surface area (TPSA) is 51.0 Å². The van der Waals surface area contributed by atoms with Crippen LogP contribution in [0.25, 0.3) is 11.5 Å². The standard InChI is InChI=1S/C12H13N3O.ClH/c1-8-14-12(16-15-8)10-2-3-11-7-13-5-4-9(11)6-10;/h2-3,6,13H,4-5,7H2,1H3;1H. The van der Waals surface area contributed by atoms with E-state index >= 15 is 0 Å². The summed E-state index contributed by atoms with van der Waals surface area (Å²) in [5.41, 5.74) is 3.76. The quantitative estimate of drug-likeness (QED) is 0.844. The van der Waals surface area contributed by atoms with Crippen LogP contribution in [0.3, 0.4) is 0 Å². The van der Waals surface area contributed by atoms with Crippen LogP contribution in [0.15, 0.2) is 22.7 Å². The summed E-state index contributed by atoms with van der Waals surface area (Å²) in [6, 6.07) is 6.33. The summed E-state index contributed by atoms with van der Waals surface area (Å²) < 4.78 is 5.16. The van der Waals surface area contributed by atoms with Crippen molar-refractivity contribution in [2.75, 3.05) is 6.54 Å². The van der Waals surface area contributed by atoms with E-state index in [0.717, 1.165) is 25.1 Å². The lowest BCUT2D eigenvalue weighted by molar-refractivity contribution is 0.425. The highest BCUT2D eigenvalue weighted by Crippen LogP contribution is 2.22. The molecule has 0 fully saturated rings. The average Bonchev–Trinajstić information content (AvgIpc) is 2.75. The van der Waals surface area contributed by atoms with Crippen molar-refractivity contribution in [2.24, 2.45) is 0 Å². The van der Waals surface area contributed by atoms with Gasteiger partial charge in [0.15, 0.2) is 5.82 Å². The zero-order valence-corrected chi connectivity index (χ0v) is 10.4. The highest BCUT2D eigenvalue weighted by Gasteiger charge is 2.12. The molecular weight excluding hydrogens is 238 g/mol. The molecule has 2 heterocycles. The third-order valence-corrected chi connectivity index (χ3v) is 2.87. The van der Waals surface area contributed by atoms with Crippen LogP contribution in [0.5, 0.6) is 0 Å². The zero-order valence-electron chi connectivity index (χ0n) is 9.56. The number of fused-ring (bicyclic) bond motifs is 1. The van der Waals surface area contributed by atoms with Crippen LogP contribution >= 0.6 is 12.4 Å². The Morgan fingerprint density at radius 2 is 2.18 bits per heavy atom. The SMILES string of the molecule is Cc1noc(-c2ccc3c(c2)CCNC3)n1.Cl. The zero-order chi connectivity index (χ0) is 11.0. The van der Waals surface area contributed by atoms with Crippen molar-refractivity contribution < 1.29 is 4.52 Å². The first-order chi connectivity index (χ1) is 7.83. The monoisotopic (exact) mass is 251 g/mol. The molecule has 0 spiro atoms. The maximum atomic E-state index is 5.16. The number of rotatable bonds is 1. The van der Waals surface area contributed by atoms with Crippen molar-refractivity contribution in [1.29, 1.82) is 0 Å². The fraction of sp³-hybridized carbons (Fsp3) is 0.333. The van der Waals surface area contributed by atoms with Gasteiger partial charge in [0.25, 0.3) is 5.89 Å². The number of aromatic nitrogens is 2. The second kappa shape index (κ2) is 4.85. The molecule has 4 nitrogen and oxygen atoms in total. The van der Waals surface area contributed by atoms with E-state index in [2.05, 4.69) is 27.6 Å². The predicted molar refractivity (Wildman–Crippen MR) is 67.1 cm³/mol. The molecule has 1 N–H and O–H groups in total. The molecule has 0 amide bonds. The fourth-order valence-electron chi connectivity index (χ4n) is 2.02. The minimum Gasteiger partial charge on any atom is -0.334 e. The highest BCUT2D eigenvalue weighted by atomic mass is 35.5. The third-order valence-electron chi connectivity index (χ3n) is 2.87. The van der Waals surface area contributed by atoms with Gasteiger partial charge in [-0.25, -0.2) is 0 Å². The molecule has 3 rings (SSSR count). The van der Waals surface area contributed by atoms with Gasteiger partial charge in [-0.15, -0.1) is 12.4 Å². The van der Waals surface area contributed by atoms with Gasteiger partial charge in [0.05, 0.1) is 0 Å². The Hall–Kier alpha value is -1.39. The molecule has 0 atom stereocenters. The van der Waals surface area contributed by atoms with E-state index in [0.29, 0.717) is 11.7 Å². The van der Waals surface area contributed by atoms with Gasteiger partial charge in [0.1, 0.15) is 0 Å². The van der Waals surface area contributed by atoms with Gasteiger partial charge in [0, 0.05) is 12.1 Å². The molecular formula is C12H14ClN3O.